The van der Waals surface area contributed by atoms with Crippen LogP contribution in [-0.2, 0) is 6.54 Å². The number of halogens is 1. The third-order valence-corrected chi connectivity index (χ3v) is 3.98. The van der Waals surface area contributed by atoms with E-state index in [1.807, 2.05) is 41.3 Å². The number of rotatable bonds is 2. The van der Waals surface area contributed by atoms with Crippen molar-refractivity contribution in [2.75, 3.05) is 0 Å². The zero-order valence-corrected chi connectivity index (χ0v) is 13.1. The van der Waals surface area contributed by atoms with Crippen LogP contribution in [0.4, 0.5) is 0 Å². The Morgan fingerprint density at radius 2 is 2.10 bits per heavy atom. The molecule has 0 aliphatic heterocycles. The number of aromatic amines is 1. The summed E-state index contributed by atoms with van der Waals surface area (Å²) >= 11 is 11.8. The second-order valence-corrected chi connectivity index (χ2v) is 5.61. The molecule has 0 saturated carbocycles. The van der Waals surface area contributed by atoms with Gasteiger partial charge in [-0.1, -0.05) is 17.7 Å². The van der Waals surface area contributed by atoms with Gasteiger partial charge in [-0.15, -0.1) is 0 Å². The fraction of sp³-hybridized carbons (Fsp3) is 0.286. The van der Waals surface area contributed by atoms with E-state index in [1.165, 1.54) is 0 Å². The van der Waals surface area contributed by atoms with Crippen molar-refractivity contribution in [1.82, 2.24) is 19.3 Å². The summed E-state index contributed by atoms with van der Waals surface area (Å²) in [4.78, 5) is 3.23. The SMILES string of the molecule is CCn1nc(C)c2[nH]c(=S)n(-c3ccc(C)cc3Cl)c21. The standard InChI is InChI=1S/C14H15ClN4S/c1-4-18-13-12(9(3)17-18)16-14(20)19(13)11-6-5-8(2)7-10(11)15/h5-7H,4H2,1-3H3,(H,16,20). The van der Waals surface area contributed by atoms with Gasteiger partial charge in [0.05, 0.1) is 16.4 Å². The lowest BCUT2D eigenvalue weighted by molar-refractivity contribution is 0.662. The average Bonchev–Trinajstić information content (AvgIpc) is 2.88. The first-order valence-corrected chi connectivity index (χ1v) is 7.26. The largest absolute Gasteiger partial charge is 0.327 e. The number of benzene rings is 1. The summed E-state index contributed by atoms with van der Waals surface area (Å²) < 4.78 is 4.52. The van der Waals surface area contributed by atoms with Crippen LogP contribution in [0.2, 0.25) is 5.02 Å². The first-order valence-electron chi connectivity index (χ1n) is 6.47. The van der Waals surface area contributed by atoms with Gasteiger partial charge < -0.3 is 4.98 Å². The molecule has 20 heavy (non-hydrogen) atoms. The molecule has 6 heteroatoms. The van der Waals surface area contributed by atoms with Gasteiger partial charge in [-0.3, -0.25) is 4.57 Å². The van der Waals surface area contributed by atoms with Crippen LogP contribution in [0.5, 0.6) is 0 Å². The molecular formula is C14H15ClN4S. The highest BCUT2D eigenvalue weighted by atomic mass is 35.5. The predicted octanol–water partition coefficient (Wildman–Crippen LogP) is 4.17. The van der Waals surface area contributed by atoms with Gasteiger partial charge in [0.1, 0.15) is 5.52 Å². The van der Waals surface area contributed by atoms with Crippen LogP contribution in [0.1, 0.15) is 18.2 Å². The minimum atomic E-state index is 0.633. The molecule has 0 aliphatic carbocycles. The van der Waals surface area contributed by atoms with Crippen molar-refractivity contribution in [2.45, 2.75) is 27.3 Å². The normalized spacial score (nSPS) is 11.4. The molecule has 0 unspecified atom stereocenters. The van der Waals surface area contributed by atoms with Gasteiger partial charge in [0.15, 0.2) is 10.4 Å². The molecule has 0 spiro atoms. The summed E-state index contributed by atoms with van der Waals surface area (Å²) in [6.45, 7) is 6.83. The Balaban J connectivity index is 2.41. The minimum absolute atomic E-state index is 0.633. The number of hydrogen-bond donors (Lipinski definition) is 1. The van der Waals surface area contributed by atoms with Gasteiger partial charge in [0, 0.05) is 6.54 Å². The summed E-state index contributed by atoms with van der Waals surface area (Å²) in [5, 5.41) is 5.20. The summed E-state index contributed by atoms with van der Waals surface area (Å²) in [5.41, 5.74) is 4.87. The van der Waals surface area contributed by atoms with Gasteiger partial charge in [-0.05, 0) is 50.7 Å². The lowest BCUT2D eigenvalue weighted by atomic mass is 10.2. The molecular weight excluding hydrogens is 292 g/mol. The molecule has 104 valence electrons. The third kappa shape index (κ3) is 1.89. The maximum Gasteiger partial charge on any atom is 0.184 e. The molecule has 0 bridgehead atoms. The van der Waals surface area contributed by atoms with E-state index in [9.17, 15) is 0 Å². The highest BCUT2D eigenvalue weighted by Crippen LogP contribution is 2.27. The third-order valence-electron chi connectivity index (χ3n) is 3.39. The lowest BCUT2D eigenvalue weighted by Gasteiger charge is -2.09. The van der Waals surface area contributed by atoms with Gasteiger partial charge in [-0.2, -0.15) is 5.10 Å². The van der Waals surface area contributed by atoms with E-state index in [2.05, 4.69) is 17.0 Å². The molecule has 2 heterocycles. The van der Waals surface area contributed by atoms with Crippen LogP contribution < -0.4 is 0 Å². The van der Waals surface area contributed by atoms with E-state index in [0.717, 1.165) is 34.7 Å². The quantitative estimate of drug-likeness (QED) is 0.721. The lowest BCUT2D eigenvalue weighted by Crippen LogP contribution is -2.04. The monoisotopic (exact) mass is 306 g/mol. The first-order chi connectivity index (χ1) is 9.52. The van der Waals surface area contributed by atoms with Crippen LogP contribution in [0.15, 0.2) is 18.2 Å². The first kappa shape index (κ1) is 13.4. The van der Waals surface area contributed by atoms with Crippen LogP contribution in [0.3, 0.4) is 0 Å². The number of nitrogens with one attached hydrogen (secondary N) is 1. The number of aromatic nitrogens is 4. The Morgan fingerprint density at radius 3 is 2.75 bits per heavy atom. The number of fused-ring (bicyclic) bond motifs is 1. The van der Waals surface area contributed by atoms with E-state index < -0.39 is 0 Å². The van der Waals surface area contributed by atoms with Gasteiger partial charge >= 0.3 is 0 Å². The zero-order chi connectivity index (χ0) is 14.4. The molecule has 0 saturated heterocycles. The summed E-state index contributed by atoms with van der Waals surface area (Å²) in [6.07, 6.45) is 0. The van der Waals surface area contributed by atoms with Crippen LogP contribution >= 0.6 is 23.8 Å². The zero-order valence-electron chi connectivity index (χ0n) is 11.6. The van der Waals surface area contributed by atoms with E-state index in [1.54, 1.807) is 0 Å². The van der Waals surface area contributed by atoms with Gasteiger partial charge in [-0.25, -0.2) is 4.68 Å². The molecule has 0 radical (unpaired) electrons. The van der Waals surface area contributed by atoms with E-state index in [0.29, 0.717) is 9.79 Å². The second-order valence-electron chi connectivity index (χ2n) is 4.82. The summed E-state index contributed by atoms with van der Waals surface area (Å²) in [6, 6.07) is 5.96. The van der Waals surface area contributed by atoms with Crippen molar-refractivity contribution in [1.29, 1.82) is 0 Å². The number of H-pyrrole nitrogens is 1. The number of nitrogens with zero attached hydrogens (tertiary/aromatic N) is 3. The molecule has 4 nitrogen and oxygen atoms in total. The van der Waals surface area contributed by atoms with E-state index in [-0.39, 0.29) is 0 Å². The molecule has 0 atom stereocenters. The molecule has 0 amide bonds. The summed E-state index contributed by atoms with van der Waals surface area (Å²) in [7, 11) is 0. The molecule has 3 rings (SSSR count). The van der Waals surface area contributed by atoms with Crippen molar-refractivity contribution >= 4 is 35.0 Å². The van der Waals surface area contributed by atoms with Crippen molar-refractivity contribution in [3.63, 3.8) is 0 Å². The topological polar surface area (TPSA) is 38.5 Å². The fourth-order valence-electron chi connectivity index (χ4n) is 2.44. The highest BCUT2D eigenvalue weighted by Gasteiger charge is 2.16. The Labute approximate surface area is 127 Å². The van der Waals surface area contributed by atoms with Gasteiger partial charge in [0.25, 0.3) is 0 Å². The second kappa shape index (κ2) is 4.75. The van der Waals surface area contributed by atoms with E-state index >= 15 is 0 Å². The van der Waals surface area contributed by atoms with Crippen molar-refractivity contribution in [3.8, 4) is 5.69 Å². The molecule has 0 fully saturated rings. The molecule has 3 aromatic rings. The number of aryl methyl sites for hydroxylation is 3. The van der Waals surface area contributed by atoms with Crippen LogP contribution in [0.25, 0.3) is 16.9 Å². The Bertz CT molecular complexity index is 856. The maximum atomic E-state index is 6.38. The van der Waals surface area contributed by atoms with Crippen LogP contribution in [0, 0.1) is 18.6 Å². The molecule has 2 aromatic heterocycles. The number of hydrogen-bond acceptors (Lipinski definition) is 2. The molecule has 1 N–H and O–H groups in total. The van der Waals surface area contributed by atoms with Crippen molar-refractivity contribution in [2.24, 2.45) is 0 Å². The number of imidazole rings is 1. The van der Waals surface area contributed by atoms with Gasteiger partial charge in [0.2, 0.25) is 0 Å². The highest BCUT2D eigenvalue weighted by molar-refractivity contribution is 7.71. The maximum absolute atomic E-state index is 6.38. The van der Waals surface area contributed by atoms with Crippen molar-refractivity contribution in [3.05, 3.63) is 39.3 Å². The Hall–Kier alpha value is -1.59. The Kier molecular flexibility index (Phi) is 3.18. The van der Waals surface area contributed by atoms with Crippen molar-refractivity contribution < 1.29 is 0 Å². The predicted molar refractivity (Wildman–Crippen MR) is 84.4 cm³/mol. The minimum Gasteiger partial charge on any atom is -0.327 e. The molecule has 0 aliphatic rings. The fourth-order valence-corrected chi connectivity index (χ4v) is 3.05. The Morgan fingerprint density at radius 1 is 1.35 bits per heavy atom. The molecule has 1 aromatic carbocycles. The smallest absolute Gasteiger partial charge is 0.184 e. The average molecular weight is 307 g/mol. The summed E-state index contributed by atoms with van der Waals surface area (Å²) in [5.74, 6) is 0. The van der Waals surface area contributed by atoms with E-state index in [4.69, 9.17) is 23.8 Å². The van der Waals surface area contributed by atoms with Crippen LogP contribution in [-0.4, -0.2) is 19.3 Å².